The van der Waals surface area contributed by atoms with E-state index in [0.717, 1.165) is 27.4 Å². The molecule has 9 nitrogen and oxygen atoms in total. The van der Waals surface area contributed by atoms with Crippen LogP contribution >= 0.6 is 22.9 Å². The Balaban J connectivity index is 1.90. The number of halogens is 2. The Kier molecular flexibility index (Phi) is 9.51. The van der Waals surface area contributed by atoms with Gasteiger partial charge in [-0.15, -0.1) is 11.3 Å². The quantitative estimate of drug-likeness (QED) is 0.243. The van der Waals surface area contributed by atoms with E-state index in [4.69, 9.17) is 16.3 Å². The molecule has 0 unspecified atom stereocenters. The van der Waals surface area contributed by atoms with Crippen LogP contribution in [0, 0.1) is 15.9 Å². The third-order valence-electron chi connectivity index (χ3n) is 5.17. The van der Waals surface area contributed by atoms with Crippen LogP contribution in [0.25, 0.3) is 0 Å². The maximum atomic E-state index is 13.4. The maximum absolute atomic E-state index is 13.4. The van der Waals surface area contributed by atoms with Gasteiger partial charge in [0, 0.05) is 31.1 Å². The molecule has 1 aromatic heterocycles. The molecule has 0 N–H and O–H groups in total. The predicted molar refractivity (Wildman–Crippen MR) is 134 cm³/mol. The average Bonchev–Trinajstić information content (AvgIpc) is 3.35. The summed E-state index contributed by atoms with van der Waals surface area (Å²) >= 11 is 7.27. The van der Waals surface area contributed by atoms with Crippen molar-refractivity contribution in [1.82, 2.24) is 9.21 Å². The fourth-order valence-corrected chi connectivity index (χ4v) is 5.60. The first kappa shape index (κ1) is 27.7. The van der Waals surface area contributed by atoms with E-state index in [-0.39, 0.29) is 36.2 Å². The number of methoxy groups -OCH3 is 1. The van der Waals surface area contributed by atoms with Crippen LogP contribution in [0.15, 0.2) is 64.9 Å². The highest BCUT2D eigenvalue weighted by atomic mass is 35.5. The fraction of sp³-hybridized carbons (Fsp3) is 0.261. The van der Waals surface area contributed by atoms with Gasteiger partial charge in [0.1, 0.15) is 10.8 Å². The maximum Gasteiger partial charge on any atom is 0.289 e. The molecule has 0 fully saturated rings. The Labute approximate surface area is 216 Å². The van der Waals surface area contributed by atoms with Gasteiger partial charge in [-0.05, 0) is 41.3 Å². The molecule has 36 heavy (non-hydrogen) atoms. The number of carbonyl (C=O) groups is 1. The topological polar surface area (TPSA) is 110 Å². The summed E-state index contributed by atoms with van der Waals surface area (Å²) in [6.45, 7) is -0.357. The number of nitro benzene ring substituents is 1. The predicted octanol–water partition coefficient (Wildman–Crippen LogP) is 4.31. The molecule has 0 saturated carbocycles. The van der Waals surface area contributed by atoms with Crippen LogP contribution in [0.4, 0.5) is 10.1 Å². The summed E-state index contributed by atoms with van der Waals surface area (Å²) in [5.74, 6) is -0.917. The molecular formula is C23H23ClFN3O6S2. The highest BCUT2D eigenvalue weighted by Crippen LogP contribution is 2.28. The molecule has 0 aliphatic rings. The van der Waals surface area contributed by atoms with Crippen LogP contribution < -0.4 is 0 Å². The van der Waals surface area contributed by atoms with E-state index in [1.54, 1.807) is 12.1 Å². The van der Waals surface area contributed by atoms with E-state index in [1.165, 1.54) is 35.5 Å². The summed E-state index contributed by atoms with van der Waals surface area (Å²) in [6.07, 6.45) is 0. The summed E-state index contributed by atoms with van der Waals surface area (Å²) in [5, 5.41) is 12.9. The first-order valence-electron chi connectivity index (χ1n) is 10.6. The molecule has 0 saturated heterocycles. The Morgan fingerprint density at radius 3 is 2.50 bits per heavy atom. The lowest BCUT2D eigenvalue weighted by atomic mass is 10.2. The molecule has 13 heteroatoms. The molecule has 3 aromatic rings. The lowest BCUT2D eigenvalue weighted by Crippen LogP contribution is -2.43. The van der Waals surface area contributed by atoms with Crippen LogP contribution in [-0.2, 0) is 32.6 Å². The number of hydrogen-bond acceptors (Lipinski definition) is 7. The van der Waals surface area contributed by atoms with Gasteiger partial charge in [-0.1, -0.05) is 29.8 Å². The first-order chi connectivity index (χ1) is 17.1. The molecule has 0 aliphatic heterocycles. The molecule has 0 radical (unpaired) electrons. The summed E-state index contributed by atoms with van der Waals surface area (Å²) in [5.41, 5.74) is 0.104. The number of amides is 1. The van der Waals surface area contributed by atoms with E-state index in [0.29, 0.717) is 5.56 Å². The van der Waals surface area contributed by atoms with E-state index in [2.05, 4.69) is 0 Å². The molecule has 1 amide bonds. The van der Waals surface area contributed by atoms with Crippen molar-refractivity contribution in [3.63, 3.8) is 0 Å². The second kappa shape index (κ2) is 12.4. The highest BCUT2D eigenvalue weighted by Gasteiger charge is 2.30. The third-order valence-corrected chi connectivity index (χ3v) is 8.20. The van der Waals surface area contributed by atoms with Crippen molar-refractivity contribution < 1.29 is 27.3 Å². The number of nitrogens with zero attached hydrogens (tertiary/aromatic N) is 3. The van der Waals surface area contributed by atoms with Crippen LogP contribution in [0.2, 0.25) is 5.02 Å². The Hall–Kier alpha value is -2.90. The molecule has 192 valence electrons. The molecule has 0 aliphatic carbocycles. The van der Waals surface area contributed by atoms with Crippen molar-refractivity contribution in [1.29, 1.82) is 0 Å². The van der Waals surface area contributed by atoms with E-state index < -0.39 is 38.9 Å². The van der Waals surface area contributed by atoms with Crippen molar-refractivity contribution in [2.75, 3.05) is 26.8 Å². The van der Waals surface area contributed by atoms with Crippen LogP contribution in [0.3, 0.4) is 0 Å². The molecular weight excluding hydrogens is 533 g/mol. The summed E-state index contributed by atoms with van der Waals surface area (Å²) in [6, 6.07) is 12.5. The second-order valence-electron chi connectivity index (χ2n) is 7.66. The van der Waals surface area contributed by atoms with Gasteiger partial charge in [0.15, 0.2) is 0 Å². The largest absolute Gasteiger partial charge is 0.383 e. The standard InChI is InChI=1S/C23H23ClFN3O6S2/c1-34-11-10-27(36(32,33)20-8-9-21(24)22(13-20)28(30)31)16-23(29)26(15-19-3-2-12-35-19)14-17-4-6-18(25)7-5-17/h2-9,12-13H,10-11,14-16H2,1H3. The fourth-order valence-electron chi connectivity index (χ4n) is 3.30. The number of rotatable bonds is 12. The van der Waals surface area contributed by atoms with E-state index in [1.807, 2.05) is 17.5 Å². The van der Waals surface area contributed by atoms with Crippen LogP contribution in [-0.4, -0.2) is 55.3 Å². The van der Waals surface area contributed by atoms with Crippen molar-refractivity contribution in [3.8, 4) is 0 Å². The zero-order valence-corrected chi connectivity index (χ0v) is 21.6. The van der Waals surface area contributed by atoms with Crippen LogP contribution in [0.5, 0.6) is 0 Å². The van der Waals surface area contributed by atoms with Gasteiger partial charge in [-0.2, -0.15) is 4.31 Å². The zero-order valence-electron chi connectivity index (χ0n) is 19.2. The number of nitro groups is 1. The summed E-state index contributed by atoms with van der Waals surface area (Å²) in [7, 11) is -2.93. The molecule has 0 spiro atoms. The molecule has 0 atom stereocenters. The summed E-state index contributed by atoms with van der Waals surface area (Å²) < 4.78 is 46.1. The van der Waals surface area contributed by atoms with Gasteiger partial charge in [0.25, 0.3) is 5.69 Å². The van der Waals surface area contributed by atoms with Gasteiger partial charge < -0.3 is 9.64 Å². The number of ether oxygens (including phenoxy) is 1. The Morgan fingerprint density at radius 2 is 1.89 bits per heavy atom. The zero-order chi connectivity index (χ0) is 26.3. The lowest BCUT2D eigenvalue weighted by molar-refractivity contribution is -0.384. The van der Waals surface area contributed by atoms with Gasteiger partial charge in [-0.25, -0.2) is 12.8 Å². The van der Waals surface area contributed by atoms with Gasteiger partial charge in [0.2, 0.25) is 15.9 Å². The lowest BCUT2D eigenvalue weighted by Gasteiger charge is -2.27. The smallest absolute Gasteiger partial charge is 0.289 e. The van der Waals surface area contributed by atoms with Gasteiger partial charge in [-0.3, -0.25) is 14.9 Å². The highest BCUT2D eigenvalue weighted by molar-refractivity contribution is 7.89. The summed E-state index contributed by atoms with van der Waals surface area (Å²) in [4.78, 5) is 25.9. The van der Waals surface area contributed by atoms with Crippen molar-refractivity contribution >= 4 is 44.6 Å². The third kappa shape index (κ3) is 7.08. The normalized spacial score (nSPS) is 11.6. The monoisotopic (exact) mass is 555 g/mol. The molecule has 3 rings (SSSR count). The van der Waals surface area contributed by atoms with Gasteiger partial charge in [0.05, 0.1) is 29.5 Å². The number of thiophene rings is 1. The van der Waals surface area contributed by atoms with Crippen LogP contribution in [0.1, 0.15) is 10.4 Å². The minimum absolute atomic E-state index is 0.00885. The second-order valence-corrected chi connectivity index (χ2v) is 11.0. The Bertz CT molecular complexity index is 1300. The SMILES string of the molecule is COCCN(CC(=O)N(Cc1ccc(F)cc1)Cc1cccs1)S(=O)(=O)c1ccc(Cl)c([N+](=O)[O-])c1. The van der Waals surface area contributed by atoms with Crippen molar-refractivity contribution in [2.45, 2.75) is 18.0 Å². The van der Waals surface area contributed by atoms with Crippen molar-refractivity contribution in [2.24, 2.45) is 0 Å². The molecule has 0 bridgehead atoms. The minimum atomic E-state index is -4.32. The van der Waals surface area contributed by atoms with E-state index in [9.17, 15) is 27.7 Å². The minimum Gasteiger partial charge on any atom is -0.383 e. The first-order valence-corrected chi connectivity index (χ1v) is 13.3. The number of carbonyl (C=O) groups excluding carboxylic acids is 1. The number of sulfonamides is 1. The number of benzene rings is 2. The Morgan fingerprint density at radius 1 is 1.17 bits per heavy atom. The van der Waals surface area contributed by atoms with E-state index >= 15 is 0 Å². The van der Waals surface area contributed by atoms with Crippen molar-refractivity contribution in [3.05, 3.63) is 91.4 Å². The molecule has 2 aromatic carbocycles. The number of hydrogen-bond donors (Lipinski definition) is 0. The van der Waals surface area contributed by atoms with Gasteiger partial charge >= 0.3 is 0 Å². The molecule has 1 heterocycles. The average molecular weight is 556 g/mol.